The molecule has 0 atom stereocenters. The van der Waals surface area contributed by atoms with Gasteiger partial charge in [0.25, 0.3) is 0 Å². The summed E-state index contributed by atoms with van der Waals surface area (Å²) in [5.41, 5.74) is 1.18. The standard InChI is InChI=1S/C11H16BrNO2S/c1-16(14,15)8-4-7-13-9-10-5-2-3-6-11(10)12/h2-3,5-6,13H,4,7-9H2,1H3. The van der Waals surface area contributed by atoms with E-state index in [0.29, 0.717) is 13.0 Å². The SMILES string of the molecule is CS(=O)(=O)CCCNCc1ccccc1Br. The van der Waals surface area contributed by atoms with Gasteiger partial charge in [-0.1, -0.05) is 34.1 Å². The molecule has 0 bridgehead atoms. The number of nitrogens with one attached hydrogen (secondary N) is 1. The maximum atomic E-state index is 10.9. The van der Waals surface area contributed by atoms with Crippen LogP contribution in [0.4, 0.5) is 0 Å². The van der Waals surface area contributed by atoms with E-state index in [1.807, 2.05) is 24.3 Å². The van der Waals surface area contributed by atoms with Gasteiger partial charge in [-0.2, -0.15) is 0 Å². The fourth-order valence-electron chi connectivity index (χ4n) is 1.32. The molecule has 1 N–H and O–H groups in total. The Labute approximate surface area is 105 Å². The number of sulfone groups is 1. The molecule has 0 fully saturated rings. The maximum Gasteiger partial charge on any atom is 0.147 e. The van der Waals surface area contributed by atoms with E-state index in [2.05, 4.69) is 21.2 Å². The van der Waals surface area contributed by atoms with Gasteiger partial charge in [-0.25, -0.2) is 8.42 Å². The summed E-state index contributed by atoms with van der Waals surface area (Å²) in [6.45, 7) is 1.47. The molecule has 1 aromatic carbocycles. The van der Waals surface area contributed by atoms with Crippen LogP contribution in [0.2, 0.25) is 0 Å². The fraction of sp³-hybridized carbons (Fsp3) is 0.455. The molecule has 1 rings (SSSR count). The Morgan fingerprint density at radius 3 is 2.62 bits per heavy atom. The Balaban J connectivity index is 2.24. The monoisotopic (exact) mass is 305 g/mol. The normalized spacial score (nSPS) is 11.6. The minimum Gasteiger partial charge on any atom is -0.313 e. The lowest BCUT2D eigenvalue weighted by molar-refractivity contribution is 0.594. The van der Waals surface area contributed by atoms with Crippen molar-refractivity contribution in [1.29, 1.82) is 0 Å². The Morgan fingerprint density at radius 1 is 1.31 bits per heavy atom. The smallest absolute Gasteiger partial charge is 0.147 e. The van der Waals surface area contributed by atoms with Crippen LogP contribution in [0.1, 0.15) is 12.0 Å². The highest BCUT2D eigenvalue weighted by molar-refractivity contribution is 9.10. The first kappa shape index (κ1) is 13.7. The second-order valence-corrected chi connectivity index (χ2v) is 6.87. The molecule has 0 aromatic heterocycles. The molecule has 16 heavy (non-hydrogen) atoms. The van der Waals surface area contributed by atoms with Crippen molar-refractivity contribution in [1.82, 2.24) is 5.32 Å². The lowest BCUT2D eigenvalue weighted by Gasteiger charge is -2.06. The molecule has 0 aliphatic heterocycles. The number of benzene rings is 1. The lowest BCUT2D eigenvalue weighted by atomic mass is 10.2. The number of halogens is 1. The Kier molecular flexibility index (Phi) is 5.44. The van der Waals surface area contributed by atoms with Crippen molar-refractivity contribution in [3.05, 3.63) is 34.3 Å². The van der Waals surface area contributed by atoms with Crippen molar-refractivity contribution < 1.29 is 8.42 Å². The van der Waals surface area contributed by atoms with Crippen molar-refractivity contribution in [3.63, 3.8) is 0 Å². The summed E-state index contributed by atoms with van der Waals surface area (Å²) in [4.78, 5) is 0. The minimum absolute atomic E-state index is 0.246. The molecule has 0 unspecified atom stereocenters. The zero-order valence-electron chi connectivity index (χ0n) is 9.24. The highest BCUT2D eigenvalue weighted by Crippen LogP contribution is 2.15. The zero-order chi connectivity index (χ0) is 12.0. The molecule has 0 aliphatic rings. The summed E-state index contributed by atoms with van der Waals surface area (Å²) in [7, 11) is -2.83. The lowest BCUT2D eigenvalue weighted by Crippen LogP contribution is -2.18. The summed E-state index contributed by atoms with van der Waals surface area (Å²) in [5, 5.41) is 3.22. The zero-order valence-corrected chi connectivity index (χ0v) is 11.6. The number of hydrogen-bond acceptors (Lipinski definition) is 3. The van der Waals surface area contributed by atoms with Crippen molar-refractivity contribution >= 4 is 25.8 Å². The van der Waals surface area contributed by atoms with Crippen LogP contribution < -0.4 is 5.32 Å². The van der Waals surface area contributed by atoms with E-state index < -0.39 is 9.84 Å². The average molecular weight is 306 g/mol. The predicted molar refractivity (Wildman–Crippen MR) is 70.2 cm³/mol. The topological polar surface area (TPSA) is 46.2 Å². The second kappa shape index (κ2) is 6.37. The van der Waals surface area contributed by atoms with E-state index in [0.717, 1.165) is 11.0 Å². The second-order valence-electron chi connectivity index (χ2n) is 3.75. The highest BCUT2D eigenvalue weighted by atomic mass is 79.9. The first-order valence-corrected chi connectivity index (χ1v) is 7.96. The molecule has 0 spiro atoms. The van der Waals surface area contributed by atoms with Crippen molar-refractivity contribution in [3.8, 4) is 0 Å². The van der Waals surface area contributed by atoms with E-state index in [9.17, 15) is 8.42 Å². The van der Waals surface area contributed by atoms with E-state index in [4.69, 9.17) is 0 Å². The maximum absolute atomic E-state index is 10.9. The molecular formula is C11H16BrNO2S. The van der Waals surface area contributed by atoms with Crippen LogP contribution in [-0.2, 0) is 16.4 Å². The minimum atomic E-state index is -2.83. The highest BCUT2D eigenvalue weighted by Gasteiger charge is 2.01. The molecule has 3 nitrogen and oxygen atoms in total. The van der Waals surface area contributed by atoms with Crippen molar-refractivity contribution in [2.24, 2.45) is 0 Å². The Bertz CT molecular complexity index is 431. The number of hydrogen-bond donors (Lipinski definition) is 1. The van der Waals surface area contributed by atoms with Crippen molar-refractivity contribution in [2.75, 3.05) is 18.6 Å². The molecule has 1 aromatic rings. The summed E-state index contributed by atoms with van der Waals surface area (Å²) in [5.74, 6) is 0.246. The van der Waals surface area contributed by atoms with Crippen molar-refractivity contribution in [2.45, 2.75) is 13.0 Å². The summed E-state index contributed by atoms with van der Waals surface area (Å²) in [6.07, 6.45) is 1.92. The third-order valence-electron chi connectivity index (χ3n) is 2.14. The predicted octanol–water partition coefficient (Wildman–Crippen LogP) is 1.97. The fourth-order valence-corrected chi connectivity index (χ4v) is 2.42. The molecule has 0 saturated carbocycles. The van der Waals surface area contributed by atoms with E-state index in [1.54, 1.807) is 0 Å². The van der Waals surface area contributed by atoms with Gasteiger partial charge in [0.2, 0.25) is 0 Å². The first-order chi connectivity index (χ1) is 7.49. The van der Waals surface area contributed by atoms with Crippen LogP contribution in [-0.4, -0.2) is 27.0 Å². The van der Waals surface area contributed by atoms with Gasteiger partial charge in [0.05, 0.1) is 5.75 Å². The van der Waals surface area contributed by atoms with Gasteiger partial charge < -0.3 is 5.32 Å². The quantitative estimate of drug-likeness (QED) is 0.818. The third-order valence-corrected chi connectivity index (χ3v) is 3.95. The van der Waals surface area contributed by atoms with Gasteiger partial charge in [-0.3, -0.25) is 0 Å². The average Bonchev–Trinajstić information content (AvgIpc) is 2.18. The molecule has 0 radical (unpaired) electrons. The van der Waals surface area contributed by atoms with E-state index >= 15 is 0 Å². The van der Waals surface area contributed by atoms with Gasteiger partial charge in [-0.15, -0.1) is 0 Å². The van der Waals surface area contributed by atoms with E-state index in [1.165, 1.54) is 11.8 Å². The van der Waals surface area contributed by atoms with Gasteiger partial charge in [-0.05, 0) is 24.6 Å². The van der Waals surface area contributed by atoms with Crippen LogP contribution in [0.25, 0.3) is 0 Å². The molecule has 0 amide bonds. The molecule has 0 saturated heterocycles. The molecule has 0 heterocycles. The van der Waals surface area contributed by atoms with E-state index in [-0.39, 0.29) is 5.75 Å². The largest absolute Gasteiger partial charge is 0.313 e. The first-order valence-electron chi connectivity index (χ1n) is 5.11. The Hall–Kier alpha value is -0.390. The summed E-state index contributed by atoms with van der Waals surface area (Å²) in [6, 6.07) is 7.98. The van der Waals surface area contributed by atoms with Gasteiger partial charge in [0.15, 0.2) is 0 Å². The van der Waals surface area contributed by atoms with Gasteiger partial charge >= 0.3 is 0 Å². The molecule has 0 aliphatic carbocycles. The van der Waals surface area contributed by atoms with Crippen LogP contribution >= 0.6 is 15.9 Å². The Morgan fingerprint density at radius 2 is 2.00 bits per heavy atom. The molecular weight excluding hydrogens is 290 g/mol. The van der Waals surface area contributed by atoms with Crippen LogP contribution in [0, 0.1) is 0 Å². The van der Waals surface area contributed by atoms with Crippen LogP contribution in [0.3, 0.4) is 0 Å². The number of rotatable bonds is 6. The molecule has 5 heteroatoms. The summed E-state index contributed by atoms with van der Waals surface area (Å²) < 4.78 is 22.8. The van der Waals surface area contributed by atoms with Gasteiger partial charge in [0.1, 0.15) is 9.84 Å². The summed E-state index contributed by atoms with van der Waals surface area (Å²) >= 11 is 3.46. The van der Waals surface area contributed by atoms with Crippen LogP contribution in [0.5, 0.6) is 0 Å². The van der Waals surface area contributed by atoms with Gasteiger partial charge in [0, 0.05) is 17.3 Å². The third kappa shape index (κ3) is 5.63. The van der Waals surface area contributed by atoms with Crippen LogP contribution in [0.15, 0.2) is 28.7 Å². The molecule has 90 valence electrons.